The van der Waals surface area contributed by atoms with Crippen molar-refractivity contribution in [2.45, 2.75) is 38.0 Å². The van der Waals surface area contributed by atoms with Crippen molar-refractivity contribution in [1.82, 2.24) is 9.97 Å². The number of hydrogen-bond acceptors (Lipinski definition) is 6. The molecule has 12 heteroatoms. The number of aromatic nitrogens is 2. The number of nitrogens with one attached hydrogen (secondary N) is 2. The number of carbonyl (C=O) groups excluding carboxylic acids is 2. The van der Waals surface area contributed by atoms with Gasteiger partial charge in [0.05, 0.1) is 28.7 Å². The highest BCUT2D eigenvalue weighted by atomic mass is 32.1. The predicted octanol–water partition coefficient (Wildman–Crippen LogP) is 9.06. The lowest BCUT2D eigenvalue weighted by Gasteiger charge is -2.27. The summed E-state index contributed by atoms with van der Waals surface area (Å²) >= 11 is 1.59. The number of thiophene rings is 1. The van der Waals surface area contributed by atoms with E-state index in [9.17, 15) is 27.2 Å². The highest BCUT2D eigenvalue weighted by Gasteiger charge is 2.27. The minimum atomic E-state index is -1.64. The van der Waals surface area contributed by atoms with Crippen LogP contribution in [0.2, 0.25) is 0 Å². The van der Waals surface area contributed by atoms with Crippen LogP contribution in [0, 0.1) is 29.2 Å². The van der Waals surface area contributed by atoms with E-state index < -0.39 is 29.3 Å². The Balaban J connectivity index is 1.13. The number of methoxy groups -OCH3 is 1. The minimum absolute atomic E-state index is 0.0524. The molecule has 1 aliphatic rings. The van der Waals surface area contributed by atoms with Crippen molar-refractivity contribution in [2.75, 3.05) is 17.7 Å². The summed E-state index contributed by atoms with van der Waals surface area (Å²) in [4.78, 5) is 33.5. The van der Waals surface area contributed by atoms with Crippen LogP contribution in [0.5, 0.6) is 0 Å². The molecule has 0 radical (unpaired) electrons. The highest BCUT2D eigenvalue weighted by molar-refractivity contribution is 7.17. The normalized spacial score (nSPS) is 16.3. The number of fused-ring (bicyclic) bond motifs is 1. The number of urea groups is 1. The van der Waals surface area contributed by atoms with Gasteiger partial charge in [-0.1, -0.05) is 18.2 Å². The molecule has 1 aliphatic carbocycles. The van der Waals surface area contributed by atoms with Crippen LogP contribution in [0.3, 0.4) is 0 Å². The Morgan fingerprint density at radius 2 is 1.59 bits per heavy atom. The van der Waals surface area contributed by atoms with Crippen molar-refractivity contribution in [1.29, 1.82) is 0 Å². The van der Waals surface area contributed by atoms with Crippen LogP contribution in [0.4, 0.5) is 33.7 Å². The molecule has 1 saturated carbocycles. The second-order valence-corrected chi connectivity index (χ2v) is 12.0. The Kier molecular flexibility index (Phi) is 8.98. The standard InChI is InChI=1S/C34H28F4N4O3S/c1-45-28(43)14-18-2-4-19(5-3-18)24-16-46-33-31(39-17-40-32(24)33)20-6-9-22(10-7-20)41-34(44)42-27-15-21(8-12-25(27)35)23-11-13-26(36)30(38)29(23)37/h6-13,15-19H,2-5,14H2,1H3,(H2,41,42,44). The minimum Gasteiger partial charge on any atom is -0.469 e. The fraction of sp³-hybridized carbons (Fsp3) is 0.235. The lowest BCUT2D eigenvalue weighted by Crippen LogP contribution is -2.20. The van der Waals surface area contributed by atoms with Gasteiger partial charge in [-0.25, -0.2) is 32.3 Å². The Hall–Kier alpha value is -4.84. The molecule has 0 atom stereocenters. The lowest BCUT2D eigenvalue weighted by molar-refractivity contribution is -0.142. The van der Waals surface area contributed by atoms with Gasteiger partial charge >= 0.3 is 12.0 Å². The number of hydrogen-bond donors (Lipinski definition) is 2. The van der Waals surface area contributed by atoms with Crippen molar-refractivity contribution in [3.05, 3.63) is 95.1 Å². The maximum Gasteiger partial charge on any atom is 0.323 e. The molecule has 7 nitrogen and oxygen atoms in total. The first-order valence-electron chi connectivity index (χ1n) is 14.6. The van der Waals surface area contributed by atoms with Crippen molar-refractivity contribution < 1.29 is 31.9 Å². The monoisotopic (exact) mass is 648 g/mol. The molecule has 0 saturated heterocycles. The smallest absolute Gasteiger partial charge is 0.323 e. The first-order chi connectivity index (χ1) is 22.2. The topological polar surface area (TPSA) is 93.2 Å². The fourth-order valence-electron chi connectivity index (χ4n) is 5.89. The highest BCUT2D eigenvalue weighted by Crippen LogP contribution is 2.43. The largest absolute Gasteiger partial charge is 0.469 e. The van der Waals surface area contributed by atoms with Crippen molar-refractivity contribution >= 4 is 44.9 Å². The van der Waals surface area contributed by atoms with E-state index >= 15 is 0 Å². The van der Waals surface area contributed by atoms with E-state index in [0.717, 1.165) is 71.4 Å². The molecule has 2 amide bonds. The molecule has 2 heterocycles. The molecule has 0 aliphatic heterocycles. The van der Waals surface area contributed by atoms with E-state index in [4.69, 9.17) is 4.74 Å². The summed E-state index contributed by atoms with van der Waals surface area (Å²) in [5, 5.41) is 7.15. The summed E-state index contributed by atoms with van der Waals surface area (Å²) in [6.07, 6.45) is 5.88. The number of amides is 2. The van der Waals surface area contributed by atoms with Crippen LogP contribution < -0.4 is 10.6 Å². The van der Waals surface area contributed by atoms with E-state index in [0.29, 0.717) is 23.9 Å². The SMILES string of the molecule is COC(=O)CC1CCC(c2csc3c(-c4ccc(NC(=O)Nc5cc(-c6ccc(F)c(F)c6F)ccc5F)cc4)ncnc23)CC1. The van der Waals surface area contributed by atoms with Gasteiger partial charge in [-0.15, -0.1) is 11.3 Å². The van der Waals surface area contributed by atoms with Gasteiger partial charge in [0.2, 0.25) is 0 Å². The average molecular weight is 649 g/mol. The van der Waals surface area contributed by atoms with E-state index in [1.54, 1.807) is 29.8 Å². The molecule has 46 heavy (non-hydrogen) atoms. The molecule has 0 unspecified atom stereocenters. The van der Waals surface area contributed by atoms with Gasteiger partial charge < -0.3 is 15.4 Å². The number of halogens is 4. The Labute approximate surface area is 265 Å². The van der Waals surface area contributed by atoms with Crippen molar-refractivity contribution in [2.24, 2.45) is 5.92 Å². The Morgan fingerprint density at radius 3 is 2.33 bits per heavy atom. The zero-order chi connectivity index (χ0) is 32.4. The molecular formula is C34H28F4N4O3S. The molecule has 3 aromatic carbocycles. The first kappa shape index (κ1) is 31.2. The summed E-state index contributed by atoms with van der Waals surface area (Å²) in [7, 11) is 1.42. The molecule has 2 aromatic heterocycles. The number of anilines is 2. The lowest BCUT2D eigenvalue weighted by atomic mass is 9.78. The fourth-order valence-corrected chi connectivity index (χ4v) is 7.01. The Bertz CT molecular complexity index is 1920. The third kappa shape index (κ3) is 6.43. The zero-order valence-corrected chi connectivity index (χ0v) is 25.4. The number of ether oxygens (including phenoxy) is 1. The van der Waals surface area contributed by atoms with Gasteiger partial charge in [0.15, 0.2) is 17.5 Å². The van der Waals surface area contributed by atoms with Crippen LogP contribution in [-0.2, 0) is 9.53 Å². The van der Waals surface area contributed by atoms with Crippen LogP contribution in [0.1, 0.15) is 43.6 Å². The molecule has 5 aromatic rings. The number of carbonyl (C=O) groups is 2. The predicted molar refractivity (Wildman–Crippen MR) is 169 cm³/mol. The van der Waals surface area contributed by atoms with Crippen LogP contribution in [-0.4, -0.2) is 29.1 Å². The third-order valence-electron chi connectivity index (χ3n) is 8.33. The van der Waals surface area contributed by atoms with Gasteiger partial charge in [-0.05, 0) is 90.4 Å². The van der Waals surface area contributed by atoms with Crippen LogP contribution in [0.25, 0.3) is 32.6 Å². The molecule has 0 bridgehead atoms. The number of rotatable bonds is 7. The molecule has 6 rings (SSSR count). The van der Waals surface area contributed by atoms with Gasteiger partial charge in [0.1, 0.15) is 12.1 Å². The van der Waals surface area contributed by atoms with E-state index in [-0.39, 0.29) is 22.8 Å². The average Bonchev–Trinajstić information content (AvgIpc) is 3.50. The van der Waals surface area contributed by atoms with Gasteiger partial charge in [-0.2, -0.15) is 0 Å². The van der Waals surface area contributed by atoms with Crippen molar-refractivity contribution in [3.8, 4) is 22.4 Å². The van der Waals surface area contributed by atoms with Gasteiger partial charge in [0, 0.05) is 23.2 Å². The zero-order valence-electron chi connectivity index (χ0n) is 24.6. The van der Waals surface area contributed by atoms with E-state index in [2.05, 4.69) is 26.0 Å². The second kappa shape index (κ2) is 13.3. The molecular weight excluding hydrogens is 620 g/mol. The summed E-state index contributed by atoms with van der Waals surface area (Å²) in [6, 6.07) is 11.4. The number of nitrogens with zero attached hydrogens (tertiary/aromatic N) is 2. The van der Waals surface area contributed by atoms with Crippen LogP contribution >= 0.6 is 11.3 Å². The summed E-state index contributed by atoms with van der Waals surface area (Å²) in [6.45, 7) is 0. The van der Waals surface area contributed by atoms with Gasteiger partial charge in [0.25, 0.3) is 0 Å². The number of esters is 1. The maximum absolute atomic E-state index is 14.5. The summed E-state index contributed by atoms with van der Waals surface area (Å²) in [5.41, 5.74) is 3.62. The van der Waals surface area contributed by atoms with E-state index in [1.165, 1.54) is 18.7 Å². The van der Waals surface area contributed by atoms with E-state index in [1.807, 2.05) is 12.1 Å². The molecule has 0 spiro atoms. The number of benzene rings is 3. The molecule has 1 fully saturated rings. The third-order valence-corrected chi connectivity index (χ3v) is 9.32. The molecule has 2 N–H and O–H groups in total. The first-order valence-corrected chi connectivity index (χ1v) is 15.5. The Morgan fingerprint density at radius 1 is 0.870 bits per heavy atom. The summed E-state index contributed by atoms with van der Waals surface area (Å²) < 4.78 is 61.7. The molecule has 236 valence electrons. The quantitative estimate of drug-likeness (QED) is 0.104. The van der Waals surface area contributed by atoms with Crippen LogP contribution in [0.15, 0.2) is 66.3 Å². The van der Waals surface area contributed by atoms with Gasteiger partial charge in [-0.3, -0.25) is 4.79 Å². The second-order valence-electron chi connectivity index (χ2n) is 11.2. The van der Waals surface area contributed by atoms with Crippen molar-refractivity contribution in [3.63, 3.8) is 0 Å². The maximum atomic E-state index is 14.5. The summed E-state index contributed by atoms with van der Waals surface area (Å²) in [5.74, 6) is -4.66.